The van der Waals surface area contributed by atoms with Gasteiger partial charge in [0.25, 0.3) is 0 Å². The molecule has 5 nitrogen and oxygen atoms in total. The summed E-state index contributed by atoms with van der Waals surface area (Å²) in [5.41, 5.74) is 0.0911. The van der Waals surface area contributed by atoms with Crippen molar-refractivity contribution in [3.8, 4) is 0 Å². The van der Waals surface area contributed by atoms with E-state index in [1.807, 2.05) is 0 Å². The molecular weight excluding hydrogens is 304 g/mol. The lowest BCUT2D eigenvalue weighted by atomic mass is 10.1. The standard InChI is InChI=1S/C13H17F2NO4S/c1-3-16(8-9(2)12(17)18)10-6-4-5-7-11(10)21(19,20)13(14)15/h4-7,9,13H,3,8H2,1-2H3,(H,17,18). The van der Waals surface area contributed by atoms with E-state index in [9.17, 15) is 22.0 Å². The molecule has 0 bridgehead atoms. The molecule has 0 saturated heterocycles. The number of nitrogens with zero attached hydrogens (tertiary/aromatic N) is 1. The molecule has 8 heteroatoms. The van der Waals surface area contributed by atoms with Crippen LogP contribution in [-0.2, 0) is 14.6 Å². The summed E-state index contributed by atoms with van der Waals surface area (Å²) < 4.78 is 48.9. The summed E-state index contributed by atoms with van der Waals surface area (Å²) in [4.78, 5) is 11.9. The van der Waals surface area contributed by atoms with Gasteiger partial charge in [-0.25, -0.2) is 8.42 Å². The molecular formula is C13H17F2NO4S. The van der Waals surface area contributed by atoms with E-state index in [2.05, 4.69) is 0 Å². The fourth-order valence-electron chi connectivity index (χ4n) is 1.86. The van der Waals surface area contributed by atoms with Crippen molar-refractivity contribution >= 4 is 21.5 Å². The van der Waals surface area contributed by atoms with Gasteiger partial charge in [0.2, 0.25) is 9.84 Å². The predicted molar refractivity (Wildman–Crippen MR) is 74.3 cm³/mol. The number of hydrogen-bond acceptors (Lipinski definition) is 4. The van der Waals surface area contributed by atoms with Crippen LogP contribution in [0.15, 0.2) is 29.2 Å². The number of hydrogen-bond donors (Lipinski definition) is 1. The minimum atomic E-state index is -4.74. The minimum absolute atomic E-state index is 0.0294. The lowest BCUT2D eigenvalue weighted by Gasteiger charge is -2.27. The number of aliphatic carboxylic acids is 1. The lowest BCUT2D eigenvalue weighted by Crippen LogP contribution is -2.33. The molecule has 118 valence electrons. The maximum atomic E-state index is 12.7. The van der Waals surface area contributed by atoms with E-state index in [1.165, 1.54) is 30.0 Å². The van der Waals surface area contributed by atoms with Crippen molar-refractivity contribution in [2.75, 3.05) is 18.0 Å². The topological polar surface area (TPSA) is 74.7 Å². The van der Waals surface area contributed by atoms with E-state index in [0.717, 1.165) is 6.07 Å². The first kappa shape index (κ1) is 17.4. The highest BCUT2D eigenvalue weighted by Crippen LogP contribution is 2.29. The molecule has 0 amide bonds. The van der Waals surface area contributed by atoms with Crippen LogP contribution < -0.4 is 4.90 Å². The predicted octanol–water partition coefficient (Wildman–Crippen LogP) is 2.23. The van der Waals surface area contributed by atoms with E-state index < -0.39 is 32.4 Å². The van der Waals surface area contributed by atoms with Crippen molar-refractivity contribution in [3.63, 3.8) is 0 Å². The Balaban J connectivity index is 3.26. The highest BCUT2D eigenvalue weighted by Gasteiger charge is 2.30. The van der Waals surface area contributed by atoms with Crippen LogP contribution in [0, 0.1) is 5.92 Å². The van der Waals surface area contributed by atoms with Crippen molar-refractivity contribution in [2.24, 2.45) is 5.92 Å². The molecule has 1 unspecified atom stereocenters. The quantitative estimate of drug-likeness (QED) is 0.833. The van der Waals surface area contributed by atoms with Crippen LogP contribution in [0.3, 0.4) is 0 Å². The van der Waals surface area contributed by atoms with Crippen LogP contribution >= 0.6 is 0 Å². The average molecular weight is 321 g/mol. The van der Waals surface area contributed by atoms with Gasteiger partial charge in [-0.3, -0.25) is 4.79 Å². The third-order valence-corrected chi connectivity index (χ3v) is 4.47. The molecule has 1 N–H and O–H groups in total. The molecule has 1 rings (SSSR count). The van der Waals surface area contributed by atoms with E-state index in [4.69, 9.17) is 5.11 Å². The van der Waals surface area contributed by atoms with Gasteiger partial charge < -0.3 is 10.0 Å². The molecule has 0 aliphatic carbocycles. The third kappa shape index (κ3) is 3.90. The monoisotopic (exact) mass is 321 g/mol. The summed E-state index contributed by atoms with van der Waals surface area (Å²) >= 11 is 0. The zero-order valence-corrected chi connectivity index (χ0v) is 12.5. The Morgan fingerprint density at radius 3 is 2.38 bits per heavy atom. The summed E-state index contributed by atoms with van der Waals surface area (Å²) in [6.45, 7) is 3.49. The Labute approximate surface area is 122 Å². The first-order valence-electron chi connectivity index (χ1n) is 6.30. The molecule has 21 heavy (non-hydrogen) atoms. The minimum Gasteiger partial charge on any atom is -0.481 e. The van der Waals surface area contributed by atoms with Gasteiger partial charge in [0.05, 0.1) is 16.5 Å². The van der Waals surface area contributed by atoms with Crippen molar-refractivity contribution in [1.82, 2.24) is 0 Å². The summed E-state index contributed by atoms with van der Waals surface area (Å²) in [6, 6.07) is 5.37. The number of para-hydroxylation sites is 1. The van der Waals surface area contributed by atoms with Crippen molar-refractivity contribution in [2.45, 2.75) is 24.5 Å². The number of halogens is 2. The van der Waals surface area contributed by atoms with Gasteiger partial charge in [-0.15, -0.1) is 0 Å². The zero-order chi connectivity index (χ0) is 16.2. The zero-order valence-electron chi connectivity index (χ0n) is 11.7. The van der Waals surface area contributed by atoms with Gasteiger partial charge in [-0.05, 0) is 19.1 Å². The number of benzene rings is 1. The van der Waals surface area contributed by atoms with Gasteiger partial charge in [-0.2, -0.15) is 8.78 Å². The van der Waals surface area contributed by atoms with Gasteiger partial charge in [0.15, 0.2) is 0 Å². The highest BCUT2D eigenvalue weighted by molar-refractivity contribution is 7.91. The van der Waals surface area contributed by atoms with Crippen LogP contribution in [0.2, 0.25) is 0 Å². The Morgan fingerprint density at radius 2 is 1.90 bits per heavy atom. The third-order valence-electron chi connectivity index (χ3n) is 3.04. The number of sulfone groups is 1. The molecule has 0 saturated carbocycles. The van der Waals surface area contributed by atoms with Gasteiger partial charge >= 0.3 is 11.7 Å². The van der Waals surface area contributed by atoms with E-state index in [0.29, 0.717) is 6.54 Å². The van der Waals surface area contributed by atoms with Crippen LogP contribution in [0.25, 0.3) is 0 Å². The Morgan fingerprint density at radius 1 is 1.33 bits per heavy atom. The Bertz CT molecular complexity index is 604. The fraction of sp³-hybridized carbons (Fsp3) is 0.462. The molecule has 1 aromatic rings. The van der Waals surface area contributed by atoms with Crippen molar-refractivity contribution in [3.05, 3.63) is 24.3 Å². The number of anilines is 1. The first-order valence-corrected chi connectivity index (χ1v) is 7.85. The largest absolute Gasteiger partial charge is 0.481 e. The molecule has 0 aliphatic rings. The van der Waals surface area contributed by atoms with Crippen molar-refractivity contribution in [1.29, 1.82) is 0 Å². The Hall–Kier alpha value is -1.70. The second kappa shape index (κ2) is 6.84. The number of rotatable bonds is 7. The van der Waals surface area contributed by atoms with Crippen LogP contribution in [0.4, 0.5) is 14.5 Å². The van der Waals surface area contributed by atoms with E-state index >= 15 is 0 Å². The fourth-order valence-corrected chi connectivity index (χ4v) is 2.81. The smallest absolute Gasteiger partial charge is 0.341 e. The second-order valence-electron chi connectivity index (χ2n) is 4.55. The molecule has 0 heterocycles. The highest BCUT2D eigenvalue weighted by atomic mass is 32.2. The summed E-state index contributed by atoms with van der Waals surface area (Å²) in [6.07, 6.45) is 0. The van der Waals surface area contributed by atoms with E-state index in [1.54, 1.807) is 6.92 Å². The van der Waals surface area contributed by atoms with Gasteiger partial charge in [0.1, 0.15) is 0 Å². The molecule has 0 spiro atoms. The summed E-state index contributed by atoms with van der Waals surface area (Å²) in [5, 5.41) is 8.93. The number of carboxylic acids is 1. The normalized spacial score (nSPS) is 13.2. The van der Waals surface area contributed by atoms with Crippen LogP contribution in [0.5, 0.6) is 0 Å². The number of carbonyl (C=O) groups is 1. The second-order valence-corrected chi connectivity index (χ2v) is 6.44. The maximum Gasteiger partial charge on any atom is 0.341 e. The van der Waals surface area contributed by atoms with Crippen LogP contribution in [-0.4, -0.2) is 38.3 Å². The van der Waals surface area contributed by atoms with Gasteiger partial charge in [0, 0.05) is 13.1 Å². The molecule has 0 aromatic heterocycles. The average Bonchev–Trinajstić information content (AvgIpc) is 2.44. The number of alkyl halides is 2. The molecule has 1 aromatic carbocycles. The molecule has 0 aliphatic heterocycles. The molecule has 0 fully saturated rings. The maximum absolute atomic E-state index is 12.7. The summed E-state index contributed by atoms with van der Waals surface area (Å²) in [5.74, 6) is -5.32. The van der Waals surface area contributed by atoms with Crippen LogP contribution in [0.1, 0.15) is 13.8 Å². The van der Waals surface area contributed by atoms with Crippen molar-refractivity contribution < 1.29 is 27.1 Å². The molecule has 0 radical (unpaired) electrons. The SMILES string of the molecule is CCN(CC(C)C(=O)O)c1ccccc1S(=O)(=O)C(F)F. The van der Waals surface area contributed by atoms with E-state index in [-0.39, 0.29) is 12.2 Å². The first-order chi connectivity index (χ1) is 9.71. The lowest BCUT2D eigenvalue weighted by molar-refractivity contribution is -0.140. The Kier molecular flexibility index (Phi) is 5.65. The molecule has 1 atom stereocenters. The number of carboxylic acid groups (broad SMARTS) is 1. The van der Waals surface area contributed by atoms with Gasteiger partial charge in [-0.1, -0.05) is 19.1 Å². The summed E-state index contributed by atoms with van der Waals surface area (Å²) in [7, 11) is -4.74.